The molecule has 144 valence electrons. The first kappa shape index (κ1) is 19.2. The van der Waals surface area contributed by atoms with E-state index in [4.69, 9.17) is 16.3 Å². The molecule has 6 heteroatoms. The predicted octanol–water partition coefficient (Wildman–Crippen LogP) is 5.07. The number of nitrogens with zero attached hydrogens (tertiary/aromatic N) is 1. The summed E-state index contributed by atoms with van der Waals surface area (Å²) in [4.78, 5) is 16.1. The fourth-order valence-electron chi connectivity index (χ4n) is 2.99. The highest BCUT2D eigenvalue weighted by Crippen LogP contribution is 2.42. The smallest absolute Gasteiger partial charge is 0.127 e. The van der Waals surface area contributed by atoms with Gasteiger partial charge in [-0.2, -0.15) is 0 Å². The van der Waals surface area contributed by atoms with Gasteiger partial charge in [-0.1, -0.05) is 41.9 Å². The van der Waals surface area contributed by atoms with Gasteiger partial charge in [-0.15, -0.1) is 11.3 Å². The van der Waals surface area contributed by atoms with E-state index in [1.54, 1.807) is 18.3 Å². The molecule has 0 aliphatic rings. The Labute approximate surface area is 177 Å². The third kappa shape index (κ3) is 4.31. The lowest BCUT2D eigenvalue weighted by atomic mass is 10.0. The predicted molar refractivity (Wildman–Crippen MR) is 113 cm³/mol. The molecule has 4 rings (SSSR count). The number of hydrogen-bond donors (Lipinski definition) is 0. The lowest BCUT2D eigenvalue weighted by Crippen LogP contribution is -2.22. The highest BCUT2D eigenvalue weighted by atomic mass is 35.5. The van der Waals surface area contributed by atoms with Crippen molar-refractivity contribution in [2.24, 2.45) is 0 Å². The van der Waals surface area contributed by atoms with Crippen LogP contribution < -0.4 is 9.84 Å². The van der Waals surface area contributed by atoms with Gasteiger partial charge in [0.15, 0.2) is 0 Å². The number of aromatic nitrogens is 1. The van der Waals surface area contributed by atoms with E-state index in [9.17, 15) is 9.90 Å². The van der Waals surface area contributed by atoms with Gasteiger partial charge in [0.25, 0.3) is 0 Å². The summed E-state index contributed by atoms with van der Waals surface area (Å²) in [7, 11) is 0. The van der Waals surface area contributed by atoms with Crippen LogP contribution in [0.2, 0.25) is 5.02 Å². The number of ether oxygens (including phenoxy) is 1. The van der Waals surface area contributed by atoms with Crippen molar-refractivity contribution in [2.75, 3.05) is 0 Å². The first-order chi connectivity index (χ1) is 14.1. The van der Waals surface area contributed by atoms with E-state index in [-0.39, 0.29) is 5.56 Å². The number of aromatic carboxylic acids is 1. The molecule has 2 aromatic carbocycles. The van der Waals surface area contributed by atoms with Crippen molar-refractivity contribution in [1.29, 1.82) is 0 Å². The van der Waals surface area contributed by atoms with Gasteiger partial charge in [-0.3, -0.25) is 4.98 Å². The molecule has 0 amide bonds. The van der Waals surface area contributed by atoms with E-state index in [0.29, 0.717) is 22.9 Å². The molecule has 2 aromatic heterocycles. The third-order valence-corrected chi connectivity index (χ3v) is 5.57. The molecule has 0 N–H and O–H groups in total. The normalized spacial score (nSPS) is 10.7. The van der Waals surface area contributed by atoms with E-state index < -0.39 is 5.97 Å². The fraction of sp³-hybridized carbons (Fsp3) is 0.0435. The van der Waals surface area contributed by atoms with Crippen molar-refractivity contribution in [3.63, 3.8) is 0 Å². The standard InChI is InChI=1S/C23H16ClNO3S/c24-18-6-7-21(28-14-15-4-2-1-3-5-15)20(11-18)19-8-9-29-22(19)16-10-17(23(26)27)13-25-12-16/h1-13H,14H2,(H,26,27)/p-1. The zero-order chi connectivity index (χ0) is 20.2. The first-order valence-corrected chi connectivity index (χ1v) is 10.1. The minimum atomic E-state index is -1.26. The van der Waals surface area contributed by atoms with Crippen molar-refractivity contribution >= 4 is 28.9 Å². The average Bonchev–Trinajstić information content (AvgIpc) is 3.23. The Morgan fingerprint density at radius 2 is 1.86 bits per heavy atom. The zero-order valence-corrected chi connectivity index (χ0v) is 16.7. The van der Waals surface area contributed by atoms with Crippen molar-refractivity contribution in [3.05, 3.63) is 94.6 Å². The molecule has 0 aliphatic carbocycles. The molecule has 0 aliphatic heterocycles. The van der Waals surface area contributed by atoms with Crippen LogP contribution in [0.3, 0.4) is 0 Å². The molecule has 0 fully saturated rings. The number of carboxylic acids is 1. The second-order valence-corrected chi connectivity index (χ2v) is 7.68. The van der Waals surface area contributed by atoms with Gasteiger partial charge in [-0.25, -0.2) is 0 Å². The Morgan fingerprint density at radius 3 is 2.66 bits per heavy atom. The van der Waals surface area contributed by atoms with Crippen LogP contribution in [-0.2, 0) is 6.61 Å². The average molecular weight is 421 g/mol. The number of carbonyl (C=O) groups excluding carboxylic acids is 1. The lowest BCUT2D eigenvalue weighted by molar-refractivity contribution is -0.255. The number of hydrogen-bond acceptors (Lipinski definition) is 5. The summed E-state index contributed by atoms with van der Waals surface area (Å²) in [6.45, 7) is 0.427. The SMILES string of the molecule is O=C([O-])c1cncc(-c2sccc2-c2cc(Cl)ccc2OCc2ccccc2)c1. The minimum absolute atomic E-state index is 0.0356. The molecule has 0 spiro atoms. The van der Waals surface area contributed by atoms with Crippen LogP contribution in [-0.4, -0.2) is 11.0 Å². The lowest BCUT2D eigenvalue weighted by Gasteiger charge is -2.13. The highest BCUT2D eigenvalue weighted by Gasteiger charge is 2.15. The Morgan fingerprint density at radius 1 is 1.03 bits per heavy atom. The second-order valence-electron chi connectivity index (χ2n) is 6.33. The summed E-state index contributed by atoms with van der Waals surface area (Å²) in [5, 5.41) is 13.7. The molecule has 4 aromatic rings. The number of halogens is 1. The molecule has 4 nitrogen and oxygen atoms in total. The number of benzene rings is 2. The molecule has 29 heavy (non-hydrogen) atoms. The molecule has 0 radical (unpaired) electrons. The second kappa shape index (κ2) is 8.47. The van der Waals surface area contributed by atoms with E-state index in [1.807, 2.05) is 53.9 Å². The fourth-order valence-corrected chi connectivity index (χ4v) is 4.06. The van der Waals surface area contributed by atoms with Crippen LogP contribution in [0.4, 0.5) is 0 Å². The Bertz CT molecular complexity index is 1160. The van der Waals surface area contributed by atoms with Gasteiger partial charge >= 0.3 is 0 Å². The Balaban J connectivity index is 1.73. The van der Waals surface area contributed by atoms with Gasteiger partial charge in [0.1, 0.15) is 12.4 Å². The van der Waals surface area contributed by atoms with Gasteiger partial charge in [-0.05, 0) is 41.3 Å². The van der Waals surface area contributed by atoms with Gasteiger partial charge in [0.05, 0.1) is 5.97 Å². The summed E-state index contributed by atoms with van der Waals surface area (Å²) in [6, 6.07) is 18.9. The molecular formula is C23H15ClNO3S-. The maximum absolute atomic E-state index is 11.2. The third-order valence-electron chi connectivity index (χ3n) is 4.37. The largest absolute Gasteiger partial charge is 0.545 e. The van der Waals surface area contributed by atoms with Gasteiger partial charge in [0, 0.05) is 44.5 Å². The van der Waals surface area contributed by atoms with Crippen molar-refractivity contribution in [1.82, 2.24) is 4.98 Å². The number of pyridine rings is 1. The van der Waals surface area contributed by atoms with Crippen LogP contribution in [0, 0.1) is 0 Å². The maximum Gasteiger partial charge on any atom is 0.127 e. The Hall–Kier alpha value is -3.15. The molecule has 0 bridgehead atoms. The molecule has 0 atom stereocenters. The van der Waals surface area contributed by atoms with Crippen LogP contribution in [0.1, 0.15) is 15.9 Å². The number of thiophene rings is 1. The van der Waals surface area contributed by atoms with Crippen molar-refractivity contribution in [3.8, 4) is 27.3 Å². The molecule has 0 saturated carbocycles. The van der Waals surface area contributed by atoms with E-state index in [2.05, 4.69) is 4.98 Å². The monoisotopic (exact) mass is 420 g/mol. The minimum Gasteiger partial charge on any atom is -0.545 e. The first-order valence-electron chi connectivity index (χ1n) is 8.83. The van der Waals surface area contributed by atoms with E-state index in [0.717, 1.165) is 21.6 Å². The summed E-state index contributed by atoms with van der Waals surface area (Å²) in [5.41, 5.74) is 3.53. The van der Waals surface area contributed by atoms with Gasteiger partial charge in [0.2, 0.25) is 0 Å². The summed E-state index contributed by atoms with van der Waals surface area (Å²) < 4.78 is 6.08. The van der Waals surface area contributed by atoms with Crippen LogP contribution >= 0.6 is 22.9 Å². The molecule has 0 unspecified atom stereocenters. The zero-order valence-electron chi connectivity index (χ0n) is 15.2. The summed E-state index contributed by atoms with van der Waals surface area (Å²) >= 11 is 7.76. The number of carbonyl (C=O) groups is 1. The summed E-state index contributed by atoms with van der Waals surface area (Å²) in [5.74, 6) is -0.561. The van der Waals surface area contributed by atoms with E-state index in [1.165, 1.54) is 17.5 Å². The van der Waals surface area contributed by atoms with Crippen LogP contribution in [0.15, 0.2) is 78.4 Å². The molecular weight excluding hydrogens is 406 g/mol. The van der Waals surface area contributed by atoms with Crippen LogP contribution in [0.25, 0.3) is 21.6 Å². The highest BCUT2D eigenvalue weighted by molar-refractivity contribution is 7.14. The topological polar surface area (TPSA) is 62.2 Å². The van der Waals surface area contributed by atoms with Crippen LogP contribution in [0.5, 0.6) is 5.75 Å². The molecule has 2 heterocycles. The Kier molecular flexibility index (Phi) is 5.60. The number of carboxylic acid groups (broad SMARTS) is 1. The van der Waals surface area contributed by atoms with E-state index >= 15 is 0 Å². The maximum atomic E-state index is 11.2. The van der Waals surface area contributed by atoms with Gasteiger partial charge < -0.3 is 14.6 Å². The van der Waals surface area contributed by atoms with Crippen molar-refractivity contribution in [2.45, 2.75) is 6.61 Å². The van der Waals surface area contributed by atoms with Crippen molar-refractivity contribution < 1.29 is 14.6 Å². The summed E-state index contributed by atoms with van der Waals surface area (Å²) in [6.07, 6.45) is 2.91. The molecule has 0 saturated heterocycles. The quantitative estimate of drug-likeness (QED) is 0.436. The number of rotatable bonds is 6.